The molecule has 0 bridgehead atoms. The fourth-order valence-electron chi connectivity index (χ4n) is 4.03. The Morgan fingerprint density at radius 3 is 2.00 bits per heavy atom. The number of likely N-dealkylation sites (N-methyl/N-ethyl adjacent to an activating group) is 2. The van der Waals surface area contributed by atoms with Crippen LogP contribution in [0.25, 0.3) is 0 Å². The molecule has 138 valence electrons. The van der Waals surface area contributed by atoms with Crippen molar-refractivity contribution < 1.29 is 14.4 Å². The molecule has 0 spiro atoms. The molecular weight excluding hydrogens is 332 g/mol. The molecule has 4 amide bonds. The molecule has 1 aliphatic carbocycles. The summed E-state index contributed by atoms with van der Waals surface area (Å²) in [4.78, 5) is 41.6. The molecule has 0 aromatic carbocycles. The number of urea groups is 1. The lowest BCUT2D eigenvalue weighted by Crippen LogP contribution is -2.53. The first-order valence-corrected chi connectivity index (χ1v) is 8.90. The number of nitrogens with zero attached hydrogens (tertiary/aromatic N) is 4. The van der Waals surface area contributed by atoms with E-state index in [1.165, 1.54) is 14.1 Å². The van der Waals surface area contributed by atoms with Gasteiger partial charge in [-0.15, -0.1) is 0 Å². The van der Waals surface area contributed by atoms with E-state index in [0.717, 1.165) is 47.8 Å². The number of rotatable bonds is 1. The summed E-state index contributed by atoms with van der Waals surface area (Å²) >= 11 is 0. The molecule has 0 aromatic heterocycles. The van der Waals surface area contributed by atoms with Gasteiger partial charge in [-0.2, -0.15) is 5.26 Å². The van der Waals surface area contributed by atoms with Crippen LogP contribution in [0.5, 0.6) is 0 Å². The molecule has 26 heavy (non-hydrogen) atoms. The summed E-state index contributed by atoms with van der Waals surface area (Å²) in [5.41, 5.74) is 1.60. The summed E-state index contributed by atoms with van der Waals surface area (Å²) in [7, 11) is 2.72. The molecular formula is C19H24N4O3. The van der Waals surface area contributed by atoms with Crippen LogP contribution in [0.15, 0.2) is 22.4 Å². The lowest BCUT2D eigenvalue weighted by atomic mass is 9.72. The van der Waals surface area contributed by atoms with Gasteiger partial charge in [0.25, 0.3) is 11.8 Å². The van der Waals surface area contributed by atoms with Crippen LogP contribution in [0.1, 0.15) is 39.5 Å². The van der Waals surface area contributed by atoms with Gasteiger partial charge in [0.05, 0.1) is 5.57 Å². The second-order valence-electron chi connectivity index (χ2n) is 8.01. The summed E-state index contributed by atoms with van der Waals surface area (Å²) in [6.45, 7) is 5.93. The van der Waals surface area contributed by atoms with E-state index in [4.69, 9.17) is 0 Å². The Hall–Kier alpha value is -2.62. The highest BCUT2D eigenvalue weighted by molar-refractivity contribution is 6.29. The average Bonchev–Trinajstić information content (AvgIpc) is 3.12. The van der Waals surface area contributed by atoms with Crippen molar-refractivity contribution in [2.75, 3.05) is 27.2 Å². The molecule has 2 fully saturated rings. The lowest BCUT2D eigenvalue weighted by molar-refractivity contribution is -0.134. The molecule has 0 aromatic rings. The number of allylic oxidation sites excluding steroid dienone is 3. The first-order valence-electron chi connectivity index (χ1n) is 8.90. The number of carbonyl (C=O) groups is 3. The smallest absolute Gasteiger partial charge is 0.333 e. The summed E-state index contributed by atoms with van der Waals surface area (Å²) in [5.74, 6) is -1.25. The molecule has 2 aliphatic heterocycles. The minimum atomic E-state index is -0.651. The SMILES string of the molecule is CN1C(=O)C(=C2CC(C)(C)CC(N3CCCC3)=C2C#N)C(=O)N(C)C1=O. The summed E-state index contributed by atoms with van der Waals surface area (Å²) in [5, 5.41) is 9.86. The third-order valence-electron chi connectivity index (χ3n) is 5.40. The van der Waals surface area contributed by atoms with E-state index in [1.807, 2.05) is 0 Å². The van der Waals surface area contributed by atoms with Crippen molar-refractivity contribution in [2.24, 2.45) is 5.41 Å². The van der Waals surface area contributed by atoms with Crippen LogP contribution < -0.4 is 0 Å². The first kappa shape index (κ1) is 18.2. The van der Waals surface area contributed by atoms with Gasteiger partial charge in [0.15, 0.2) is 0 Å². The summed E-state index contributed by atoms with van der Waals surface area (Å²) < 4.78 is 0. The number of carbonyl (C=O) groups excluding carboxylic acids is 3. The number of hydrogen-bond acceptors (Lipinski definition) is 5. The molecule has 3 aliphatic rings. The van der Waals surface area contributed by atoms with E-state index < -0.39 is 17.8 Å². The maximum atomic E-state index is 12.7. The Bertz CT molecular complexity index is 768. The highest BCUT2D eigenvalue weighted by Gasteiger charge is 2.43. The maximum absolute atomic E-state index is 12.7. The van der Waals surface area contributed by atoms with Gasteiger partial charge in [-0.1, -0.05) is 13.8 Å². The van der Waals surface area contributed by atoms with Gasteiger partial charge in [0, 0.05) is 32.9 Å². The maximum Gasteiger partial charge on any atom is 0.333 e. The van der Waals surface area contributed by atoms with Gasteiger partial charge in [-0.25, -0.2) is 4.79 Å². The van der Waals surface area contributed by atoms with Crippen molar-refractivity contribution in [3.05, 3.63) is 22.4 Å². The number of amides is 4. The normalized spacial score (nSPS) is 24.0. The van der Waals surface area contributed by atoms with Crippen molar-refractivity contribution >= 4 is 17.8 Å². The van der Waals surface area contributed by atoms with Gasteiger partial charge in [0.1, 0.15) is 11.6 Å². The van der Waals surface area contributed by atoms with Crippen molar-refractivity contribution in [3.8, 4) is 6.07 Å². The van der Waals surface area contributed by atoms with Crippen LogP contribution in [-0.4, -0.2) is 59.7 Å². The minimum Gasteiger partial charge on any atom is -0.374 e. The number of barbiturate groups is 1. The predicted molar refractivity (Wildman–Crippen MR) is 94.4 cm³/mol. The quantitative estimate of drug-likeness (QED) is 0.530. The highest BCUT2D eigenvalue weighted by Crippen LogP contribution is 2.45. The average molecular weight is 356 g/mol. The Morgan fingerprint density at radius 2 is 1.50 bits per heavy atom. The van der Waals surface area contributed by atoms with Gasteiger partial charge in [-0.05, 0) is 36.7 Å². The molecule has 2 heterocycles. The molecule has 0 N–H and O–H groups in total. The van der Waals surface area contributed by atoms with Crippen LogP contribution in [-0.2, 0) is 9.59 Å². The van der Waals surface area contributed by atoms with Crippen molar-refractivity contribution in [2.45, 2.75) is 39.5 Å². The molecule has 0 atom stereocenters. The Balaban J connectivity index is 2.23. The van der Waals surface area contributed by atoms with Crippen LogP contribution in [0.4, 0.5) is 4.79 Å². The zero-order valence-corrected chi connectivity index (χ0v) is 15.8. The zero-order chi connectivity index (χ0) is 19.2. The third kappa shape index (κ3) is 2.79. The van der Waals surface area contributed by atoms with E-state index in [-0.39, 0.29) is 11.0 Å². The van der Waals surface area contributed by atoms with Gasteiger partial charge in [-0.3, -0.25) is 19.4 Å². The van der Waals surface area contributed by atoms with Crippen molar-refractivity contribution in [1.82, 2.24) is 14.7 Å². The minimum absolute atomic E-state index is 0.0457. The zero-order valence-electron chi connectivity index (χ0n) is 15.8. The summed E-state index contributed by atoms with van der Waals surface area (Å²) in [6.07, 6.45) is 3.34. The third-order valence-corrected chi connectivity index (χ3v) is 5.40. The standard InChI is InChI=1S/C19H24N4O3/c1-19(2)9-12(13(11-20)14(10-19)23-7-5-6-8-23)15-16(24)21(3)18(26)22(4)17(15)25/h5-10H2,1-4H3. The first-order chi connectivity index (χ1) is 12.2. The van der Waals surface area contributed by atoms with Crippen LogP contribution in [0, 0.1) is 16.7 Å². The number of hydrogen-bond donors (Lipinski definition) is 0. The second kappa shape index (κ2) is 6.27. The summed E-state index contributed by atoms with van der Waals surface area (Å²) in [6, 6.07) is 1.60. The number of nitriles is 1. The molecule has 7 nitrogen and oxygen atoms in total. The highest BCUT2D eigenvalue weighted by atomic mass is 16.2. The number of imide groups is 2. The largest absolute Gasteiger partial charge is 0.374 e. The topological polar surface area (TPSA) is 84.7 Å². The second-order valence-corrected chi connectivity index (χ2v) is 8.01. The van der Waals surface area contributed by atoms with Gasteiger partial charge < -0.3 is 4.90 Å². The molecule has 3 rings (SSSR count). The van der Waals surface area contributed by atoms with E-state index in [9.17, 15) is 19.6 Å². The monoisotopic (exact) mass is 356 g/mol. The lowest BCUT2D eigenvalue weighted by Gasteiger charge is -2.39. The Labute approximate surface area is 153 Å². The van der Waals surface area contributed by atoms with E-state index in [0.29, 0.717) is 17.6 Å². The Morgan fingerprint density at radius 1 is 0.962 bits per heavy atom. The predicted octanol–water partition coefficient (Wildman–Crippen LogP) is 2.03. The molecule has 0 unspecified atom stereocenters. The molecule has 0 saturated carbocycles. The van der Waals surface area contributed by atoms with Gasteiger partial charge in [0.2, 0.25) is 0 Å². The van der Waals surface area contributed by atoms with Crippen LogP contribution in [0.2, 0.25) is 0 Å². The van der Waals surface area contributed by atoms with E-state index >= 15 is 0 Å². The molecule has 7 heteroatoms. The fourth-order valence-corrected chi connectivity index (χ4v) is 4.03. The van der Waals surface area contributed by atoms with E-state index in [2.05, 4.69) is 24.8 Å². The number of likely N-dealkylation sites (tertiary alicyclic amines) is 1. The van der Waals surface area contributed by atoms with Crippen molar-refractivity contribution in [3.63, 3.8) is 0 Å². The fraction of sp³-hybridized carbons (Fsp3) is 0.579. The van der Waals surface area contributed by atoms with Crippen LogP contribution >= 0.6 is 0 Å². The van der Waals surface area contributed by atoms with Crippen LogP contribution in [0.3, 0.4) is 0 Å². The van der Waals surface area contributed by atoms with Crippen molar-refractivity contribution in [1.29, 1.82) is 5.26 Å². The molecule has 0 radical (unpaired) electrons. The van der Waals surface area contributed by atoms with E-state index in [1.54, 1.807) is 0 Å². The Kier molecular flexibility index (Phi) is 4.39. The molecule has 2 saturated heterocycles. The van der Waals surface area contributed by atoms with Gasteiger partial charge >= 0.3 is 6.03 Å².